The van der Waals surface area contributed by atoms with Crippen molar-refractivity contribution in [2.45, 2.75) is 64.0 Å². The van der Waals surface area contributed by atoms with Crippen molar-refractivity contribution in [3.05, 3.63) is 144 Å². The number of benzene rings is 4. The average molecular weight is 582 g/mol. The summed E-state index contributed by atoms with van der Waals surface area (Å²) in [4.78, 5) is 12.5. The lowest BCUT2D eigenvalue weighted by atomic mass is 9.95. The number of ether oxygens (including phenoxy) is 5. The van der Waals surface area contributed by atoms with E-state index in [1.807, 2.05) is 121 Å². The van der Waals surface area contributed by atoms with Crippen LogP contribution in [0.15, 0.2) is 121 Å². The largest absolute Gasteiger partial charge is 0.374 e. The van der Waals surface area contributed by atoms with Gasteiger partial charge in [-0.25, -0.2) is 0 Å². The van der Waals surface area contributed by atoms with Crippen LogP contribution in [-0.2, 0) is 54.9 Å². The SMILES string of the molecule is CC(=O)NC1[C@H](OCc2ccccc2)OC(COCc2ccccc2)[C@@H](OCc2ccccc2)[C@@H]1OCc1ccccc1. The molecule has 4 aromatic carbocycles. The van der Waals surface area contributed by atoms with Crippen LogP contribution in [0.25, 0.3) is 0 Å². The molecular formula is C36H39NO6. The molecule has 1 fully saturated rings. The monoisotopic (exact) mass is 581 g/mol. The molecule has 1 heterocycles. The molecule has 1 N–H and O–H groups in total. The van der Waals surface area contributed by atoms with Crippen molar-refractivity contribution in [3.8, 4) is 0 Å². The Kier molecular flexibility index (Phi) is 11.5. The van der Waals surface area contributed by atoms with Gasteiger partial charge in [-0.15, -0.1) is 0 Å². The third-order valence-corrected chi connectivity index (χ3v) is 7.24. The highest BCUT2D eigenvalue weighted by Crippen LogP contribution is 2.30. The van der Waals surface area contributed by atoms with Gasteiger partial charge < -0.3 is 29.0 Å². The maximum atomic E-state index is 12.5. The Hall–Kier alpha value is -3.85. The summed E-state index contributed by atoms with van der Waals surface area (Å²) in [6, 6.07) is 39.1. The van der Waals surface area contributed by atoms with Crippen molar-refractivity contribution < 1.29 is 28.5 Å². The molecule has 7 heteroatoms. The molecule has 0 bridgehead atoms. The van der Waals surface area contributed by atoms with E-state index in [0.29, 0.717) is 26.4 Å². The molecule has 2 unspecified atom stereocenters. The first-order valence-corrected chi connectivity index (χ1v) is 14.7. The quantitative estimate of drug-likeness (QED) is 0.202. The summed E-state index contributed by atoms with van der Waals surface area (Å²) in [7, 11) is 0. The van der Waals surface area contributed by atoms with Gasteiger partial charge in [0.05, 0.1) is 33.0 Å². The van der Waals surface area contributed by atoms with E-state index >= 15 is 0 Å². The van der Waals surface area contributed by atoms with Gasteiger partial charge in [-0.3, -0.25) is 4.79 Å². The van der Waals surface area contributed by atoms with E-state index < -0.39 is 30.6 Å². The molecule has 0 radical (unpaired) electrons. The minimum absolute atomic E-state index is 0.212. The molecule has 0 aromatic heterocycles. The van der Waals surface area contributed by atoms with Gasteiger partial charge in [0.25, 0.3) is 0 Å². The predicted octanol–water partition coefficient (Wildman–Crippen LogP) is 5.82. The Morgan fingerprint density at radius 3 is 1.49 bits per heavy atom. The van der Waals surface area contributed by atoms with Crippen LogP contribution in [0.3, 0.4) is 0 Å². The molecule has 4 aromatic rings. The van der Waals surface area contributed by atoms with E-state index in [-0.39, 0.29) is 12.5 Å². The van der Waals surface area contributed by atoms with Crippen LogP contribution in [0, 0.1) is 0 Å². The molecule has 1 aliphatic rings. The van der Waals surface area contributed by atoms with Gasteiger partial charge >= 0.3 is 0 Å². The molecule has 7 nitrogen and oxygen atoms in total. The van der Waals surface area contributed by atoms with Crippen LogP contribution in [0.4, 0.5) is 0 Å². The summed E-state index contributed by atoms with van der Waals surface area (Å²) < 4.78 is 32.3. The summed E-state index contributed by atoms with van der Waals surface area (Å²) in [6.45, 7) is 3.13. The number of hydrogen-bond donors (Lipinski definition) is 1. The fourth-order valence-corrected chi connectivity index (χ4v) is 5.12. The highest BCUT2D eigenvalue weighted by atomic mass is 16.7. The van der Waals surface area contributed by atoms with Gasteiger partial charge in [0.2, 0.25) is 5.91 Å². The van der Waals surface area contributed by atoms with Crippen LogP contribution in [0.5, 0.6) is 0 Å². The fraction of sp³-hybridized carbons (Fsp3) is 0.306. The zero-order valence-corrected chi connectivity index (χ0v) is 24.4. The molecule has 1 saturated heterocycles. The van der Waals surface area contributed by atoms with Crippen molar-refractivity contribution in [1.29, 1.82) is 0 Å². The van der Waals surface area contributed by atoms with Gasteiger partial charge in [0.15, 0.2) is 6.29 Å². The lowest BCUT2D eigenvalue weighted by Gasteiger charge is -2.46. The van der Waals surface area contributed by atoms with E-state index in [2.05, 4.69) is 5.32 Å². The fourth-order valence-electron chi connectivity index (χ4n) is 5.12. The molecule has 5 atom stereocenters. The van der Waals surface area contributed by atoms with Crippen LogP contribution >= 0.6 is 0 Å². The van der Waals surface area contributed by atoms with Gasteiger partial charge in [0.1, 0.15) is 24.4 Å². The lowest BCUT2D eigenvalue weighted by Crippen LogP contribution is -2.66. The molecule has 0 aliphatic carbocycles. The summed E-state index contributed by atoms with van der Waals surface area (Å²) in [6.07, 6.45) is -2.48. The third-order valence-electron chi connectivity index (χ3n) is 7.24. The van der Waals surface area contributed by atoms with Gasteiger partial charge in [-0.05, 0) is 22.3 Å². The average Bonchev–Trinajstić information content (AvgIpc) is 3.05. The van der Waals surface area contributed by atoms with Crippen LogP contribution < -0.4 is 5.32 Å². The first kappa shape index (κ1) is 30.6. The van der Waals surface area contributed by atoms with E-state index in [1.165, 1.54) is 6.92 Å². The van der Waals surface area contributed by atoms with Crippen molar-refractivity contribution >= 4 is 5.91 Å². The van der Waals surface area contributed by atoms with E-state index in [4.69, 9.17) is 23.7 Å². The Balaban J connectivity index is 1.41. The Bertz CT molecular complexity index is 1360. The van der Waals surface area contributed by atoms with Gasteiger partial charge in [-0.2, -0.15) is 0 Å². The highest BCUT2D eigenvalue weighted by Gasteiger charge is 2.48. The van der Waals surface area contributed by atoms with Gasteiger partial charge in [-0.1, -0.05) is 121 Å². The number of nitrogens with one attached hydrogen (secondary N) is 1. The summed E-state index contributed by atoms with van der Waals surface area (Å²) in [5, 5.41) is 3.05. The predicted molar refractivity (Wildman–Crippen MR) is 164 cm³/mol. The number of carbonyl (C=O) groups is 1. The molecule has 43 heavy (non-hydrogen) atoms. The molecule has 1 aliphatic heterocycles. The number of hydrogen-bond acceptors (Lipinski definition) is 6. The van der Waals surface area contributed by atoms with E-state index in [1.54, 1.807) is 0 Å². The summed E-state index contributed by atoms with van der Waals surface area (Å²) in [5.74, 6) is -0.212. The summed E-state index contributed by atoms with van der Waals surface area (Å²) >= 11 is 0. The number of carbonyl (C=O) groups excluding carboxylic acids is 1. The minimum atomic E-state index is -0.799. The standard InChI is InChI=1S/C36H39NO6/c1-27(38)37-33-35(41-24-30-18-10-4-11-19-30)34(40-23-29-16-8-3-9-17-29)32(26-39-22-28-14-6-2-7-15-28)43-36(33)42-25-31-20-12-5-13-21-31/h2-21,32-36H,22-26H2,1H3,(H,37,38)/t32?,33?,34-,35-,36-/m1/s1. The van der Waals surface area contributed by atoms with Crippen molar-refractivity contribution in [2.24, 2.45) is 0 Å². The maximum Gasteiger partial charge on any atom is 0.217 e. The molecule has 224 valence electrons. The van der Waals surface area contributed by atoms with E-state index in [0.717, 1.165) is 22.3 Å². The molecule has 0 saturated carbocycles. The number of rotatable bonds is 14. The Labute approximate surface area is 253 Å². The topological polar surface area (TPSA) is 75.3 Å². The molecule has 1 amide bonds. The van der Waals surface area contributed by atoms with E-state index in [9.17, 15) is 4.79 Å². The second-order valence-electron chi connectivity index (χ2n) is 10.6. The minimum Gasteiger partial charge on any atom is -0.374 e. The Morgan fingerprint density at radius 2 is 1.02 bits per heavy atom. The van der Waals surface area contributed by atoms with Crippen molar-refractivity contribution in [2.75, 3.05) is 6.61 Å². The molecule has 5 rings (SSSR count). The first-order valence-electron chi connectivity index (χ1n) is 14.7. The van der Waals surface area contributed by atoms with Crippen LogP contribution in [-0.4, -0.2) is 43.2 Å². The zero-order valence-electron chi connectivity index (χ0n) is 24.4. The maximum absolute atomic E-state index is 12.5. The Morgan fingerprint density at radius 1 is 0.605 bits per heavy atom. The lowest BCUT2D eigenvalue weighted by molar-refractivity contribution is -0.293. The first-order chi connectivity index (χ1) is 21.2. The third kappa shape index (κ3) is 9.32. The van der Waals surface area contributed by atoms with Crippen LogP contribution in [0.1, 0.15) is 29.2 Å². The molecular weight excluding hydrogens is 542 g/mol. The second kappa shape index (κ2) is 16.1. The van der Waals surface area contributed by atoms with Crippen LogP contribution in [0.2, 0.25) is 0 Å². The van der Waals surface area contributed by atoms with Gasteiger partial charge in [0, 0.05) is 6.92 Å². The number of amides is 1. The zero-order chi connectivity index (χ0) is 29.7. The second-order valence-corrected chi connectivity index (χ2v) is 10.6. The molecule has 0 spiro atoms. The summed E-state index contributed by atoms with van der Waals surface area (Å²) in [5.41, 5.74) is 4.08. The normalized spacial score (nSPS) is 21.7. The highest BCUT2D eigenvalue weighted by molar-refractivity contribution is 5.73. The smallest absolute Gasteiger partial charge is 0.217 e. The van der Waals surface area contributed by atoms with Crippen molar-refractivity contribution in [1.82, 2.24) is 5.32 Å². The van der Waals surface area contributed by atoms with Crippen molar-refractivity contribution in [3.63, 3.8) is 0 Å².